The Balaban J connectivity index is 0.584. The number of benzene rings is 15. The van der Waals surface area contributed by atoms with E-state index in [4.69, 9.17) is 0 Å². The van der Waals surface area contributed by atoms with E-state index in [0.29, 0.717) is 0 Å². The van der Waals surface area contributed by atoms with Gasteiger partial charge < -0.3 is 0 Å². The summed E-state index contributed by atoms with van der Waals surface area (Å²) in [5.41, 5.74) is 51.6. The zero-order valence-electron chi connectivity index (χ0n) is 63.9. The van der Waals surface area contributed by atoms with Crippen LogP contribution < -0.4 is 0 Å². The van der Waals surface area contributed by atoms with Crippen LogP contribution in [0.25, 0.3) is 156 Å². The second-order valence-corrected chi connectivity index (χ2v) is 35.2. The van der Waals surface area contributed by atoms with Gasteiger partial charge in [0.15, 0.2) is 0 Å². The molecular formula is C108H86. The van der Waals surface area contributed by atoms with E-state index in [-0.39, 0.29) is 32.5 Å². The molecular weight excluding hydrogens is 1300 g/mol. The molecule has 0 aromatic heterocycles. The summed E-state index contributed by atoms with van der Waals surface area (Å²) in [4.78, 5) is 0. The fourth-order valence-electron chi connectivity index (χ4n) is 20.8. The second kappa shape index (κ2) is 22.4. The quantitative estimate of drug-likeness (QED) is 0.142. The van der Waals surface area contributed by atoms with Gasteiger partial charge in [-0.1, -0.05) is 301 Å². The Hall–Kier alpha value is -11.7. The molecule has 6 aliphatic rings. The van der Waals surface area contributed by atoms with Crippen LogP contribution >= 0.6 is 0 Å². The van der Waals surface area contributed by atoms with Gasteiger partial charge in [0.1, 0.15) is 0 Å². The van der Waals surface area contributed by atoms with Crippen LogP contribution in [0, 0.1) is 0 Å². The van der Waals surface area contributed by atoms with Gasteiger partial charge in [0.2, 0.25) is 0 Å². The first-order chi connectivity index (χ1) is 52.0. The van der Waals surface area contributed by atoms with Gasteiger partial charge in [-0.05, 0) is 307 Å². The molecule has 15 aromatic rings. The summed E-state index contributed by atoms with van der Waals surface area (Å²) in [6.45, 7) is 28.8. The standard InChI is InChI=1S/C108H86/c1-103(2)91-25-17-13-21-79(91)83-43-35-67(57-95(83)103)73-49-74(68-36-44-84-80-22-14-18-26-92(80)104(3,4)96(84)58-68)52-77(51-73)71-39-47-89-87-41-33-65(55-99(87)107(9,10)101(89)61-71)63-29-31-64(32-30-63)66-34-42-88-90-48-40-72(62-102(90)108(11,12)100(88)56-66)78-53-75(69-37-45-85-81-23-15-19-27-93(81)105(5,6)97(85)59-69)50-76(54-78)70-38-46-86-82-24-16-20-28-94(82)106(7,8)98(86)60-70/h13-62H,1-12H3. The van der Waals surface area contributed by atoms with Crippen LogP contribution in [-0.2, 0) is 32.5 Å². The fourth-order valence-corrected chi connectivity index (χ4v) is 20.8. The van der Waals surface area contributed by atoms with Gasteiger partial charge in [-0.3, -0.25) is 0 Å². The number of rotatable bonds is 8. The third-order valence-corrected chi connectivity index (χ3v) is 27.1. The predicted octanol–water partition coefficient (Wildman–Crippen LogP) is 28.9. The van der Waals surface area contributed by atoms with Crippen LogP contribution in [0.2, 0.25) is 0 Å². The minimum Gasteiger partial charge on any atom is -0.0619 e. The van der Waals surface area contributed by atoms with E-state index in [1.54, 1.807) is 0 Å². The summed E-state index contributed by atoms with van der Waals surface area (Å²) in [5.74, 6) is 0. The lowest BCUT2D eigenvalue weighted by atomic mass is 9.80. The molecule has 108 heavy (non-hydrogen) atoms. The lowest BCUT2D eigenvalue weighted by Gasteiger charge is -2.23. The van der Waals surface area contributed by atoms with E-state index >= 15 is 0 Å². The average Bonchev–Trinajstić information content (AvgIpc) is 1.60. The number of hydrogen-bond acceptors (Lipinski definition) is 0. The zero-order valence-corrected chi connectivity index (χ0v) is 63.9. The molecule has 0 nitrogen and oxygen atoms in total. The summed E-state index contributed by atoms with van der Waals surface area (Å²) < 4.78 is 0. The summed E-state index contributed by atoms with van der Waals surface area (Å²) in [6, 6.07) is 118. The van der Waals surface area contributed by atoms with Crippen LogP contribution in [0.4, 0.5) is 0 Å². The van der Waals surface area contributed by atoms with Crippen molar-refractivity contribution in [2.24, 2.45) is 0 Å². The van der Waals surface area contributed by atoms with Crippen molar-refractivity contribution in [1.82, 2.24) is 0 Å². The van der Waals surface area contributed by atoms with Crippen molar-refractivity contribution in [2.45, 2.75) is 116 Å². The van der Waals surface area contributed by atoms with Crippen LogP contribution in [-0.4, -0.2) is 0 Å². The second-order valence-electron chi connectivity index (χ2n) is 35.2. The third kappa shape index (κ3) is 9.23. The number of hydrogen-bond donors (Lipinski definition) is 0. The largest absolute Gasteiger partial charge is 0.0619 e. The molecule has 0 aliphatic heterocycles. The first-order valence-electron chi connectivity index (χ1n) is 39.0. The maximum absolute atomic E-state index is 2.51. The van der Waals surface area contributed by atoms with Crippen LogP contribution in [0.1, 0.15) is 150 Å². The van der Waals surface area contributed by atoms with E-state index in [0.717, 1.165) is 0 Å². The van der Waals surface area contributed by atoms with Gasteiger partial charge in [-0.25, -0.2) is 0 Å². The van der Waals surface area contributed by atoms with Crippen molar-refractivity contribution in [2.75, 3.05) is 0 Å². The Morgan fingerprint density at radius 2 is 0.241 bits per heavy atom. The van der Waals surface area contributed by atoms with E-state index < -0.39 is 0 Å². The molecule has 0 N–H and O–H groups in total. The molecule has 15 aromatic carbocycles. The molecule has 0 saturated carbocycles. The Morgan fingerprint density at radius 1 is 0.111 bits per heavy atom. The van der Waals surface area contributed by atoms with Crippen molar-refractivity contribution < 1.29 is 0 Å². The van der Waals surface area contributed by atoms with E-state index in [9.17, 15) is 0 Å². The van der Waals surface area contributed by atoms with Gasteiger partial charge in [-0.15, -0.1) is 0 Å². The lowest BCUT2D eigenvalue weighted by molar-refractivity contribution is 0.660. The molecule has 0 spiro atoms. The van der Waals surface area contributed by atoms with E-state index in [2.05, 4.69) is 386 Å². The normalized spacial score (nSPS) is 16.0. The van der Waals surface area contributed by atoms with Crippen molar-refractivity contribution >= 4 is 0 Å². The van der Waals surface area contributed by atoms with E-state index in [1.165, 1.54) is 223 Å². The highest BCUT2D eigenvalue weighted by molar-refractivity contribution is 5.95. The Morgan fingerprint density at radius 3 is 0.417 bits per heavy atom. The minimum absolute atomic E-state index is 0.103. The van der Waals surface area contributed by atoms with Crippen molar-refractivity contribution in [1.29, 1.82) is 0 Å². The molecule has 0 atom stereocenters. The van der Waals surface area contributed by atoms with Crippen molar-refractivity contribution in [3.8, 4) is 156 Å². The van der Waals surface area contributed by atoms with Gasteiger partial charge >= 0.3 is 0 Å². The molecule has 0 heteroatoms. The molecule has 0 fully saturated rings. The van der Waals surface area contributed by atoms with E-state index in [1.807, 2.05) is 0 Å². The van der Waals surface area contributed by atoms with Gasteiger partial charge in [0, 0.05) is 32.5 Å². The van der Waals surface area contributed by atoms with Gasteiger partial charge in [0.05, 0.1) is 0 Å². The molecule has 21 rings (SSSR count). The molecule has 0 bridgehead atoms. The smallest absolute Gasteiger partial charge is 0.0159 e. The molecule has 0 saturated heterocycles. The van der Waals surface area contributed by atoms with Gasteiger partial charge in [-0.2, -0.15) is 0 Å². The van der Waals surface area contributed by atoms with Crippen LogP contribution in [0.15, 0.2) is 303 Å². The fraction of sp³-hybridized carbons (Fsp3) is 0.167. The lowest BCUT2D eigenvalue weighted by Crippen LogP contribution is -2.15. The summed E-state index contributed by atoms with van der Waals surface area (Å²) in [5, 5.41) is 0. The monoisotopic (exact) mass is 1380 g/mol. The average molecular weight is 1380 g/mol. The first kappa shape index (κ1) is 64.7. The highest BCUT2D eigenvalue weighted by atomic mass is 14.5. The number of fused-ring (bicyclic) bond motifs is 18. The SMILES string of the molecule is CC1(C)c2ccccc2-c2ccc(-c3cc(-c4ccc5c(c4)C(C)(C)c4ccccc4-5)cc(-c4ccc5c(c4)C(C)(C)c4cc(-c6ccc(-c7ccc8c(c7)C(C)(C)c7cc(-c9cc(-c%10ccc%11c(c%10)C(C)(C)c%10ccccc%10-%11)cc(-c%10ccc%11c(c%10)C(C)(C)c%10ccccc%10-%11)c9)ccc7-8)cc6)ccc4-5)c3)cc21. The first-order valence-corrected chi connectivity index (χ1v) is 39.0. The molecule has 6 aliphatic carbocycles. The maximum Gasteiger partial charge on any atom is 0.0159 e. The molecule has 0 heterocycles. The molecule has 0 amide bonds. The highest BCUT2D eigenvalue weighted by Gasteiger charge is 2.42. The van der Waals surface area contributed by atoms with Crippen molar-refractivity contribution in [3.63, 3.8) is 0 Å². The topological polar surface area (TPSA) is 0 Å². The zero-order chi connectivity index (χ0) is 73.4. The van der Waals surface area contributed by atoms with Gasteiger partial charge in [0.25, 0.3) is 0 Å². The Kier molecular flexibility index (Phi) is 13.4. The predicted molar refractivity (Wildman–Crippen MR) is 455 cm³/mol. The minimum atomic E-state index is -0.233. The highest BCUT2D eigenvalue weighted by Crippen LogP contribution is 2.58. The van der Waals surface area contributed by atoms with Crippen molar-refractivity contribution in [3.05, 3.63) is 370 Å². The van der Waals surface area contributed by atoms with Crippen LogP contribution in [0.5, 0.6) is 0 Å². The Labute approximate surface area is 637 Å². The Bertz CT molecular complexity index is 5820. The molecule has 0 unspecified atom stereocenters. The van der Waals surface area contributed by atoms with Crippen LogP contribution in [0.3, 0.4) is 0 Å². The maximum atomic E-state index is 2.51. The molecule has 518 valence electrons. The summed E-state index contributed by atoms with van der Waals surface area (Å²) >= 11 is 0. The molecule has 0 radical (unpaired) electrons. The summed E-state index contributed by atoms with van der Waals surface area (Å²) in [6.07, 6.45) is 0. The summed E-state index contributed by atoms with van der Waals surface area (Å²) in [7, 11) is 0. The third-order valence-electron chi connectivity index (χ3n) is 27.1.